The first kappa shape index (κ1) is 11.3. The van der Waals surface area contributed by atoms with Crippen LogP contribution in [0.4, 0.5) is 4.39 Å². The summed E-state index contributed by atoms with van der Waals surface area (Å²) in [6.45, 7) is 1.81. The zero-order valence-corrected chi connectivity index (χ0v) is 10.2. The van der Waals surface area contributed by atoms with Crippen LogP contribution in [0.3, 0.4) is 0 Å². The van der Waals surface area contributed by atoms with Crippen LogP contribution in [0, 0.1) is 5.82 Å². The molecule has 0 saturated heterocycles. The first-order valence-corrected chi connectivity index (χ1v) is 5.55. The van der Waals surface area contributed by atoms with E-state index in [0.29, 0.717) is 15.9 Å². The molecule has 0 aliphatic rings. The summed E-state index contributed by atoms with van der Waals surface area (Å²) >= 11 is 3.12. The molecular formula is C11H10BrFN2O. The Kier molecular flexibility index (Phi) is 3.07. The molecule has 2 aromatic rings. The van der Waals surface area contributed by atoms with Gasteiger partial charge in [-0.15, -0.1) is 0 Å². The fourth-order valence-corrected chi connectivity index (χ4v) is 1.67. The second kappa shape index (κ2) is 4.35. The molecule has 0 aliphatic carbocycles. The van der Waals surface area contributed by atoms with Gasteiger partial charge in [0.05, 0.1) is 10.5 Å². The third-order valence-electron chi connectivity index (χ3n) is 2.19. The van der Waals surface area contributed by atoms with E-state index in [4.69, 9.17) is 10.3 Å². The lowest BCUT2D eigenvalue weighted by Crippen LogP contribution is -2.02. The molecule has 84 valence electrons. The average molecular weight is 285 g/mol. The highest BCUT2D eigenvalue weighted by Crippen LogP contribution is 2.25. The normalized spacial score (nSPS) is 12.8. The van der Waals surface area contributed by atoms with Crippen LogP contribution in [0.15, 0.2) is 33.3 Å². The predicted molar refractivity (Wildman–Crippen MR) is 62.2 cm³/mol. The second-order valence-corrected chi connectivity index (χ2v) is 4.39. The van der Waals surface area contributed by atoms with Crippen molar-refractivity contribution in [2.24, 2.45) is 5.73 Å². The molecule has 1 heterocycles. The molecule has 1 aromatic heterocycles. The van der Waals surface area contributed by atoms with Gasteiger partial charge in [0, 0.05) is 11.6 Å². The molecule has 1 aromatic carbocycles. The van der Waals surface area contributed by atoms with E-state index >= 15 is 0 Å². The molecule has 5 heteroatoms. The van der Waals surface area contributed by atoms with E-state index in [1.807, 2.05) is 6.92 Å². The van der Waals surface area contributed by atoms with E-state index in [1.54, 1.807) is 18.2 Å². The largest absolute Gasteiger partial charge is 0.359 e. The van der Waals surface area contributed by atoms with Gasteiger partial charge in [-0.1, -0.05) is 5.16 Å². The molecule has 0 aliphatic heterocycles. The van der Waals surface area contributed by atoms with Crippen LogP contribution in [0.1, 0.15) is 18.7 Å². The van der Waals surface area contributed by atoms with Gasteiger partial charge in [-0.3, -0.25) is 0 Å². The predicted octanol–water partition coefficient (Wildman–Crippen LogP) is 3.26. The average Bonchev–Trinajstić information content (AvgIpc) is 2.71. The quantitative estimate of drug-likeness (QED) is 0.921. The van der Waals surface area contributed by atoms with Crippen LogP contribution in [-0.4, -0.2) is 5.16 Å². The molecule has 16 heavy (non-hydrogen) atoms. The van der Waals surface area contributed by atoms with E-state index in [-0.39, 0.29) is 11.9 Å². The third kappa shape index (κ3) is 2.15. The van der Waals surface area contributed by atoms with Crippen LogP contribution in [-0.2, 0) is 0 Å². The minimum absolute atomic E-state index is 0.204. The summed E-state index contributed by atoms with van der Waals surface area (Å²) in [6, 6.07) is 6.22. The molecule has 0 saturated carbocycles. The van der Waals surface area contributed by atoms with Crippen molar-refractivity contribution >= 4 is 15.9 Å². The Balaban J connectivity index is 2.39. The van der Waals surface area contributed by atoms with E-state index in [1.165, 1.54) is 6.07 Å². The number of hydrogen-bond acceptors (Lipinski definition) is 3. The summed E-state index contributed by atoms with van der Waals surface area (Å²) < 4.78 is 18.5. The van der Waals surface area contributed by atoms with Crippen molar-refractivity contribution < 1.29 is 8.91 Å². The van der Waals surface area contributed by atoms with Crippen molar-refractivity contribution in [1.82, 2.24) is 5.16 Å². The number of nitrogens with zero attached hydrogens (tertiary/aromatic N) is 1. The molecule has 0 spiro atoms. The Bertz CT molecular complexity index is 510. The molecule has 0 fully saturated rings. The van der Waals surface area contributed by atoms with Crippen molar-refractivity contribution in [1.29, 1.82) is 0 Å². The highest BCUT2D eigenvalue weighted by atomic mass is 79.9. The minimum Gasteiger partial charge on any atom is -0.359 e. The summed E-state index contributed by atoms with van der Waals surface area (Å²) in [6.07, 6.45) is 0. The Morgan fingerprint density at radius 1 is 1.44 bits per heavy atom. The summed E-state index contributed by atoms with van der Waals surface area (Å²) in [4.78, 5) is 0. The van der Waals surface area contributed by atoms with Crippen LogP contribution in [0.2, 0.25) is 0 Å². The summed E-state index contributed by atoms with van der Waals surface area (Å²) in [5, 5.41) is 3.88. The maximum atomic E-state index is 13.0. The van der Waals surface area contributed by atoms with E-state index in [0.717, 1.165) is 5.56 Å². The highest BCUT2D eigenvalue weighted by Gasteiger charge is 2.10. The van der Waals surface area contributed by atoms with Crippen molar-refractivity contribution in [2.45, 2.75) is 13.0 Å². The van der Waals surface area contributed by atoms with Crippen molar-refractivity contribution in [3.63, 3.8) is 0 Å². The van der Waals surface area contributed by atoms with Gasteiger partial charge >= 0.3 is 0 Å². The minimum atomic E-state index is -0.306. The fourth-order valence-electron chi connectivity index (χ4n) is 1.30. The Morgan fingerprint density at radius 3 is 2.75 bits per heavy atom. The first-order valence-electron chi connectivity index (χ1n) is 4.75. The highest BCUT2D eigenvalue weighted by molar-refractivity contribution is 9.10. The first-order chi connectivity index (χ1) is 7.58. The van der Waals surface area contributed by atoms with Crippen molar-refractivity contribution in [3.05, 3.63) is 40.3 Å². The number of halogens is 2. The Morgan fingerprint density at radius 2 is 2.19 bits per heavy atom. The summed E-state index contributed by atoms with van der Waals surface area (Å²) in [5.74, 6) is 0.301. The van der Waals surface area contributed by atoms with Crippen molar-refractivity contribution in [2.75, 3.05) is 0 Å². The lowest BCUT2D eigenvalue weighted by molar-refractivity contribution is 0.369. The van der Waals surface area contributed by atoms with E-state index < -0.39 is 0 Å². The molecule has 3 nitrogen and oxygen atoms in total. The van der Waals surface area contributed by atoms with Crippen LogP contribution >= 0.6 is 15.9 Å². The van der Waals surface area contributed by atoms with Crippen LogP contribution < -0.4 is 5.73 Å². The zero-order valence-electron chi connectivity index (χ0n) is 8.58. The Hall–Kier alpha value is -1.20. The van der Waals surface area contributed by atoms with Gasteiger partial charge < -0.3 is 10.3 Å². The molecule has 2 rings (SSSR count). The van der Waals surface area contributed by atoms with Gasteiger partial charge in [0.2, 0.25) is 0 Å². The number of hydrogen-bond donors (Lipinski definition) is 1. The number of nitrogens with two attached hydrogens (primary N) is 1. The molecule has 1 atom stereocenters. The van der Waals surface area contributed by atoms with E-state index in [9.17, 15) is 4.39 Å². The molecule has 0 amide bonds. The lowest BCUT2D eigenvalue weighted by atomic mass is 10.1. The zero-order chi connectivity index (χ0) is 11.7. The number of aromatic nitrogens is 1. The number of benzene rings is 1. The molecule has 0 radical (unpaired) electrons. The second-order valence-electron chi connectivity index (χ2n) is 3.53. The third-order valence-corrected chi connectivity index (χ3v) is 2.80. The van der Waals surface area contributed by atoms with Gasteiger partial charge in [-0.2, -0.15) is 0 Å². The lowest BCUT2D eigenvalue weighted by Gasteiger charge is -1.97. The Labute approximate surface area is 101 Å². The monoisotopic (exact) mass is 284 g/mol. The molecular weight excluding hydrogens is 275 g/mol. The van der Waals surface area contributed by atoms with Gasteiger partial charge in [0.15, 0.2) is 5.76 Å². The van der Waals surface area contributed by atoms with Gasteiger partial charge in [0.1, 0.15) is 11.5 Å². The summed E-state index contributed by atoms with van der Waals surface area (Å²) in [5.41, 5.74) is 7.08. The van der Waals surface area contributed by atoms with Crippen molar-refractivity contribution in [3.8, 4) is 11.3 Å². The maximum Gasteiger partial charge on any atom is 0.153 e. The van der Waals surface area contributed by atoms with E-state index in [2.05, 4.69) is 21.1 Å². The standard InChI is InChI=1S/C11H10BrFN2O/c1-6(14)11-5-10(15-16-11)7-2-3-9(13)8(12)4-7/h2-6H,14H2,1H3. The van der Waals surface area contributed by atoms with Gasteiger partial charge in [-0.25, -0.2) is 4.39 Å². The number of rotatable bonds is 2. The van der Waals surface area contributed by atoms with Crippen LogP contribution in [0.5, 0.6) is 0 Å². The van der Waals surface area contributed by atoms with Gasteiger partial charge in [0.25, 0.3) is 0 Å². The molecule has 0 bridgehead atoms. The molecule has 2 N–H and O–H groups in total. The smallest absolute Gasteiger partial charge is 0.153 e. The topological polar surface area (TPSA) is 52.0 Å². The fraction of sp³-hybridized carbons (Fsp3) is 0.182. The SMILES string of the molecule is CC(N)c1cc(-c2ccc(F)c(Br)c2)no1. The molecule has 1 unspecified atom stereocenters. The van der Waals surface area contributed by atoms with Crippen LogP contribution in [0.25, 0.3) is 11.3 Å². The summed E-state index contributed by atoms with van der Waals surface area (Å²) in [7, 11) is 0. The van der Waals surface area contributed by atoms with Gasteiger partial charge in [-0.05, 0) is 41.1 Å². The maximum absolute atomic E-state index is 13.0.